The minimum atomic E-state index is -0.297. The number of aliphatic imine (C=N–C) groups is 1. The van der Waals surface area contributed by atoms with Crippen LogP contribution in [0, 0.1) is 5.82 Å². The molecule has 0 unspecified atom stereocenters. The highest BCUT2D eigenvalue weighted by atomic mass is 19.1. The van der Waals surface area contributed by atoms with Crippen molar-refractivity contribution in [3.63, 3.8) is 0 Å². The summed E-state index contributed by atoms with van der Waals surface area (Å²) in [7, 11) is 1.53. The summed E-state index contributed by atoms with van der Waals surface area (Å²) in [5.41, 5.74) is 2.93. The van der Waals surface area contributed by atoms with Gasteiger partial charge in [0, 0.05) is 49.2 Å². The van der Waals surface area contributed by atoms with E-state index in [1.807, 2.05) is 10.8 Å². The van der Waals surface area contributed by atoms with Gasteiger partial charge in [-0.15, -0.1) is 0 Å². The van der Waals surface area contributed by atoms with Gasteiger partial charge in [-0.3, -0.25) is 14.3 Å². The van der Waals surface area contributed by atoms with Crippen LogP contribution >= 0.6 is 0 Å². The number of anilines is 2. The Morgan fingerprint density at radius 3 is 2.78 bits per heavy atom. The molecule has 0 spiro atoms. The maximum absolute atomic E-state index is 13.6. The number of amides is 1. The van der Waals surface area contributed by atoms with Crippen molar-refractivity contribution in [2.24, 2.45) is 4.99 Å². The van der Waals surface area contributed by atoms with E-state index in [-0.39, 0.29) is 23.5 Å². The van der Waals surface area contributed by atoms with Crippen molar-refractivity contribution < 1.29 is 13.9 Å². The molecule has 5 heterocycles. The molecule has 0 radical (unpaired) electrons. The Hall–Kier alpha value is -3.95. The van der Waals surface area contributed by atoms with Gasteiger partial charge in [0.25, 0.3) is 5.91 Å². The third-order valence-electron chi connectivity index (χ3n) is 7.32. The van der Waals surface area contributed by atoms with Crippen molar-refractivity contribution >= 4 is 29.4 Å². The number of hydrogen-bond donors (Lipinski definition) is 1. The minimum Gasteiger partial charge on any atom is -0.481 e. The standard InChI is InChI=1S/C26H27FN6O3/c1-36-23-15-17(25(34)32-12-6-16-13-18(27)4-5-20(16)32)14-22(29-23)31-10-7-19(8-11-31)33-21-3-2-9-28-24(21)30-26(33)35/h4-5,9,13-15,19H,2-3,6-8,10-12H2,1H3,(H,30,35). The lowest BCUT2D eigenvalue weighted by atomic mass is 10.0. The summed E-state index contributed by atoms with van der Waals surface area (Å²) in [6.45, 7) is 1.89. The summed E-state index contributed by atoms with van der Waals surface area (Å²) in [4.78, 5) is 41.7. The number of piperidine rings is 1. The highest BCUT2D eigenvalue weighted by Gasteiger charge is 2.29. The topological polar surface area (TPSA) is 95.8 Å². The summed E-state index contributed by atoms with van der Waals surface area (Å²) in [5.74, 6) is 1.25. The number of benzene rings is 1. The number of ether oxygens (including phenoxy) is 1. The quantitative estimate of drug-likeness (QED) is 0.605. The van der Waals surface area contributed by atoms with Crippen LogP contribution in [0.2, 0.25) is 0 Å². The van der Waals surface area contributed by atoms with E-state index in [0.29, 0.717) is 49.1 Å². The molecule has 3 aliphatic heterocycles. The molecule has 10 heteroatoms. The van der Waals surface area contributed by atoms with E-state index < -0.39 is 0 Å². The Kier molecular flexibility index (Phi) is 5.58. The van der Waals surface area contributed by atoms with Crippen LogP contribution in [0.1, 0.15) is 46.9 Å². The fourth-order valence-corrected chi connectivity index (χ4v) is 5.53. The van der Waals surface area contributed by atoms with Gasteiger partial charge in [0.1, 0.15) is 11.6 Å². The first-order valence-electron chi connectivity index (χ1n) is 12.3. The Balaban J connectivity index is 1.23. The van der Waals surface area contributed by atoms with Crippen LogP contribution in [-0.4, -0.2) is 53.4 Å². The molecule has 0 atom stereocenters. The van der Waals surface area contributed by atoms with E-state index in [1.165, 1.54) is 19.2 Å². The van der Waals surface area contributed by atoms with Crippen LogP contribution in [0.3, 0.4) is 0 Å². The Labute approximate surface area is 207 Å². The van der Waals surface area contributed by atoms with Crippen molar-refractivity contribution in [1.29, 1.82) is 0 Å². The van der Waals surface area contributed by atoms with Crippen molar-refractivity contribution in [3.05, 3.63) is 63.5 Å². The Morgan fingerprint density at radius 2 is 1.97 bits per heavy atom. The lowest BCUT2D eigenvalue weighted by molar-refractivity contribution is 0.0989. The van der Waals surface area contributed by atoms with Gasteiger partial charge in [-0.05, 0) is 61.9 Å². The number of nitrogens with one attached hydrogen (secondary N) is 1. The molecule has 3 aromatic rings. The molecular weight excluding hydrogens is 463 g/mol. The molecule has 186 valence electrons. The SMILES string of the molecule is COc1cc(C(=O)N2CCc3cc(F)ccc32)cc(N2CCC(n3c4c([nH]c3=O)N=CCC4)CC2)n1. The molecule has 0 bridgehead atoms. The normalized spacial score (nSPS) is 17.3. The summed E-state index contributed by atoms with van der Waals surface area (Å²) in [6.07, 6.45) is 5.67. The van der Waals surface area contributed by atoms with E-state index in [1.54, 1.807) is 23.1 Å². The molecule has 1 N–H and O–H groups in total. The smallest absolute Gasteiger partial charge is 0.327 e. The molecule has 6 rings (SSSR count). The summed E-state index contributed by atoms with van der Waals surface area (Å²) in [6, 6.07) is 8.07. The second kappa shape index (κ2) is 8.92. The molecule has 0 aliphatic carbocycles. The number of H-pyrrole nitrogens is 1. The number of carbonyl (C=O) groups is 1. The van der Waals surface area contributed by atoms with Gasteiger partial charge in [0.15, 0.2) is 5.82 Å². The van der Waals surface area contributed by atoms with E-state index in [0.717, 1.165) is 42.6 Å². The Morgan fingerprint density at radius 1 is 1.14 bits per heavy atom. The molecule has 9 nitrogen and oxygen atoms in total. The van der Waals surface area contributed by atoms with E-state index in [2.05, 4.69) is 19.9 Å². The molecule has 36 heavy (non-hydrogen) atoms. The van der Waals surface area contributed by atoms with Crippen LogP contribution in [0.25, 0.3) is 0 Å². The summed E-state index contributed by atoms with van der Waals surface area (Å²) >= 11 is 0. The first kappa shape index (κ1) is 22.5. The van der Waals surface area contributed by atoms with Gasteiger partial charge in [0.05, 0.1) is 12.8 Å². The zero-order chi connectivity index (χ0) is 24.8. The number of nitrogens with zero attached hydrogens (tertiary/aromatic N) is 5. The van der Waals surface area contributed by atoms with Gasteiger partial charge in [0.2, 0.25) is 5.88 Å². The van der Waals surface area contributed by atoms with Crippen molar-refractivity contribution in [3.8, 4) is 5.88 Å². The molecular formula is C26H27FN6O3. The molecule has 2 aromatic heterocycles. The Bertz CT molecular complexity index is 1420. The molecule has 1 aromatic carbocycles. The lowest BCUT2D eigenvalue weighted by Crippen LogP contribution is -2.38. The molecule has 1 fully saturated rings. The van der Waals surface area contributed by atoms with Gasteiger partial charge in [-0.25, -0.2) is 14.2 Å². The second-order valence-corrected chi connectivity index (χ2v) is 9.40. The lowest BCUT2D eigenvalue weighted by Gasteiger charge is -2.34. The monoisotopic (exact) mass is 490 g/mol. The van der Waals surface area contributed by atoms with Gasteiger partial charge in [-0.1, -0.05) is 0 Å². The molecule has 1 amide bonds. The number of halogens is 1. The van der Waals surface area contributed by atoms with Gasteiger partial charge < -0.3 is 14.5 Å². The number of imidazole rings is 1. The van der Waals surface area contributed by atoms with Crippen molar-refractivity contribution in [2.45, 2.75) is 38.1 Å². The predicted molar refractivity (Wildman–Crippen MR) is 135 cm³/mol. The summed E-state index contributed by atoms with van der Waals surface area (Å²) < 4.78 is 20.9. The predicted octanol–water partition coefficient (Wildman–Crippen LogP) is 3.41. The van der Waals surface area contributed by atoms with Gasteiger partial charge >= 0.3 is 5.69 Å². The largest absolute Gasteiger partial charge is 0.481 e. The molecule has 3 aliphatic rings. The second-order valence-electron chi connectivity index (χ2n) is 9.40. The third kappa shape index (κ3) is 3.86. The maximum Gasteiger partial charge on any atom is 0.327 e. The number of carbonyl (C=O) groups excluding carboxylic acids is 1. The number of pyridine rings is 1. The zero-order valence-corrected chi connectivity index (χ0v) is 20.0. The number of methoxy groups -OCH3 is 1. The number of hydrogen-bond acceptors (Lipinski definition) is 6. The number of fused-ring (bicyclic) bond motifs is 2. The van der Waals surface area contributed by atoms with Crippen molar-refractivity contribution in [1.82, 2.24) is 14.5 Å². The highest BCUT2D eigenvalue weighted by molar-refractivity contribution is 6.07. The highest BCUT2D eigenvalue weighted by Crippen LogP contribution is 2.33. The zero-order valence-electron chi connectivity index (χ0n) is 20.0. The van der Waals surface area contributed by atoms with Crippen LogP contribution in [0.4, 0.5) is 21.7 Å². The third-order valence-corrected chi connectivity index (χ3v) is 7.32. The van der Waals surface area contributed by atoms with E-state index >= 15 is 0 Å². The number of aromatic amines is 1. The van der Waals surface area contributed by atoms with Crippen LogP contribution < -0.4 is 20.2 Å². The van der Waals surface area contributed by atoms with Crippen LogP contribution in [0.5, 0.6) is 5.88 Å². The van der Waals surface area contributed by atoms with E-state index in [4.69, 9.17) is 4.74 Å². The first-order chi connectivity index (χ1) is 17.5. The summed E-state index contributed by atoms with van der Waals surface area (Å²) in [5, 5.41) is 0. The van der Waals surface area contributed by atoms with Crippen LogP contribution in [-0.2, 0) is 12.8 Å². The van der Waals surface area contributed by atoms with E-state index in [9.17, 15) is 14.0 Å². The fourth-order valence-electron chi connectivity index (χ4n) is 5.53. The first-order valence-corrected chi connectivity index (χ1v) is 12.3. The number of rotatable bonds is 4. The van der Waals surface area contributed by atoms with Crippen molar-refractivity contribution in [2.75, 3.05) is 36.5 Å². The average molecular weight is 491 g/mol. The average Bonchev–Trinajstić information content (AvgIpc) is 3.47. The molecule has 0 saturated carbocycles. The minimum absolute atomic E-state index is 0.0928. The fraction of sp³-hybridized carbons (Fsp3) is 0.385. The van der Waals surface area contributed by atoms with Gasteiger partial charge in [-0.2, -0.15) is 4.98 Å². The number of aromatic nitrogens is 3. The maximum atomic E-state index is 13.6. The molecule has 1 saturated heterocycles. The van der Waals surface area contributed by atoms with Crippen LogP contribution in [0.15, 0.2) is 40.1 Å².